The van der Waals surface area contributed by atoms with Crippen molar-refractivity contribution in [1.82, 2.24) is 10.3 Å². The molecule has 0 spiro atoms. The SMILES string of the molecule is O=CNC(CF)C(O)c1ccc(-c2cccnc2)cc1. The number of nitrogens with zero attached hydrogens (tertiary/aromatic N) is 1. The summed E-state index contributed by atoms with van der Waals surface area (Å²) in [7, 11) is 0. The van der Waals surface area contributed by atoms with E-state index in [0.29, 0.717) is 12.0 Å². The van der Waals surface area contributed by atoms with Gasteiger partial charge in [0.2, 0.25) is 6.41 Å². The van der Waals surface area contributed by atoms with Gasteiger partial charge in [0.25, 0.3) is 0 Å². The molecule has 0 fully saturated rings. The van der Waals surface area contributed by atoms with Crippen LogP contribution in [-0.2, 0) is 4.79 Å². The minimum absolute atomic E-state index is 0.386. The maximum absolute atomic E-state index is 12.7. The van der Waals surface area contributed by atoms with E-state index in [2.05, 4.69) is 10.3 Å². The molecule has 0 radical (unpaired) electrons. The number of hydrogen-bond donors (Lipinski definition) is 2. The highest BCUT2D eigenvalue weighted by molar-refractivity contribution is 5.62. The molecule has 2 rings (SSSR count). The maximum atomic E-state index is 12.7. The number of aliphatic hydroxyl groups is 1. The fourth-order valence-electron chi connectivity index (χ4n) is 1.95. The van der Waals surface area contributed by atoms with Crippen LogP contribution >= 0.6 is 0 Å². The fourth-order valence-corrected chi connectivity index (χ4v) is 1.95. The molecule has 0 aliphatic carbocycles. The number of pyridine rings is 1. The first-order chi connectivity index (χ1) is 9.76. The molecule has 5 heteroatoms. The summed E-state index contributed by atoms with van der Waals surface area (Å²) >= 11 is 0. The molecule has 0 aliphatic rings. The van der Waals surface area contributed by atoms with Crippen LogP contribution in [0.4, 0.5) is 4.39 Å². The first kappa shape index (κ1) is 14.1. The summed E-state index contributed by atoms with van der Waals surface area (Å²) in [5.41, 5.74) is 2.46. The third-order valence-corrected chi connectivity index (χ3v) is 3.08. The molecule has 0 bridgehead atoms. The number of benzene rings is 1. The zero-order valence-electron chi connectivity index (χ0n) is 10.7. The number of amides is 1. The quantitative estimate of drug-likeness (QED) is 0.790. The topological polar surface area (TPSA) is 62.2 Å². The lowest BCUT2D eigenvalue weighted by Gasteiger charge is -2.19. The third-order valence-electron chi connectivity index (χ3n) is 3.08. The molecule has 20 heavy (non-hydrogen) atoms. The van der Waals surface area contributed by atoms with Gasteiger partial charge >= 0.3 is 0 Å². The third kappa shape index (κ3) is 3.19. The summed E-state index contributed by atoms with van der Waals surface area (Å²) < 4.78 is 12.7. The van der Waals surface area contributed by atoms with Crippen molar-refractivity contribution in [3.8, 4) is 11.1 Å². The molecule has 0 saturated heterocycles. The highest BCUT2D eigenvalue weighted by Crippen LogP contribution is 2.22. The lowest BCUT2D eigenvalue weighted by atomic mass is 9.99. The fraction of sp³-hybridized carbons (Fsp3) is 0.200. The summed E-state index contributed by atoms with van der Waals surface area (Å²) in [6.07, 6.45) is 2.74. The number of rotatable bonds is 6. The Morgan fingerprint density at radius 3 is 2.55 bits per heavy atom. The van der Waals surface area contributed by atoms with Crippen molar-refractivity contribution in [2.24, 2.45) is 0 Å². The summed E-state index contributed by atoms with van der Waals surface area (Å²) in [5.74, 6) is 0. The van der Waals surface area contributed by atoms with Crippen LogP contribution in [-0.4, -0.2) is 29.2 Å². The van der Waals surface area contributed by atoms with Gasteiger partial charge in [0.05, 0.1) is 6.04 Å². The molecule has 4 nitrogen and oxygen atoms in total. The summed E-state index contributed by atoms with van der Waals surface area (Å²) in [6.45, 7) is -0.829. The van der Waals surface area contributed by atoms with Crippen molar-refractivity contribution in [1.29, 1.82) is 0 Å². The molecule has 104 valence electrons. The van der Waals surface area contributed by atoms with E-state index in [9.17, 15) is 14.3 Å². The van der Waals surface area contributed by atoms with E-state index in [1.807, 2.05) is 24.3 Å². The normalized spacial score (nSPS) is 13.5. The molecule has 1 heterocycles. The van der Waals surface area contributed by atoms with Crippen LogP contribution < -0.4 is 5.32 Å². The Hall–Kier alpha value is -2.27. The van der Waals surface area contributed by atoms with Crippen molar-refractivity contribution >= 4 is 6.41 Å². The molecule has 1 aromatic heterocycles. The molecule has 1 aromatic carbocycles. The zero-order chi connectivity index (χ0) is 14.4. The molecule has 2 atom stereocenters. The van der Waals surface area contributed by atoms with Crippen molar-refractivity contribution in [2.45, 2.75) is 12.1 Å². The predicted molar refractivity (Wildman–Crippen MR) is 73.6 cm³/mol. The number of halogens is 1. The van der Waals surface area contributed by atoms with Crippen molar-refractivity contribution in [3.05, 3.63) is 54.4 Å². The highest BCUT2D eigenvalue weighted by Gasteiger charge is 2.20. The van der Waals surface area contributed by atoms with Crippen LogP contribution in [0.3, 0.4) is 0 Å². The number of aliphatic hydroxyl groups excluding tert-OH is 1. The second-order valence-electron chi connectivity index (χ2n) is 4.35. The monoisotopic (exact) mass is 274 g/mol. The van der Waals surface area contributed by atoms with E-state index in [0.717, 1.165) is 11.1 Å². The Bertz CT molecular complexity index is 546. The largest absolute Gasteiger partial charge is 0.386 e. The average molecular weight is 274 g/mol. The highest BCUT2D eigenvalue weighted by atomic mass is 19.1. The van der Waals surface area contributed by atoms with E-state index in [1.165, 1.54) is 0 Å². The zero-order valence-corrected chi connectivity index (χ0v) is 10.7. The second kappa shape index (κ2) is 6.77. The van der Waals surface area contributed by atoms with Gasteiger partial charge in [0.1, 0.15) is 12.8 Å². The standard InChI is InChI=1S/C15H15FN2O2/c16-8-14(18-10-19)15(20)12-5-3-11(4-6-12)13-2-1-7-17-9-13/h1-7,9-10,14-15,20H,8H2,(H,18,19). The van der Waals surface area contributed by atoms with Gasteiger partial charge < -0.3 is 10.4 Å². The van der Waals surface area contributed by atoms with Gasteiger partial charge in [-0.25, -0.2) is 4.39 Å². The Kier molecular flexibility index (Phi) is 4.79. The minimum atomic E-state index is -1.08. The van der Waals surface area contributed by atoms with Crippen molar-refractivity contribution in [2.75, 3.05) is 6.67 Å². The van der Waals surface area contributed by atoms with Crippen LogP contribution in [0.1, 0.15) is 11.7 Å². The van der Waals surface area contributed by atoms with Crippen LogP contribution in [0.25, 0.3) is 11.1 Å². The van der Waals surface area contributed by atoms with Gasteiger partial charge in [0, 0.05) is 12.4 Å². The summed E-state index contributed by atoms with van der Waals surface area (Å²) in [5, 5.41) is 12.3. The lowest BCUT2D eigenvalue weighted by Crippen LogP contribution is -2.35. The van der Waals surface area contributed by atoms with Gasteiger partial charge in [0.15, 0.2) is 0 Å². The molecule has 2 aromatic rings. The van der Waals surface area contributed by atoms with Crippen molar-refractivity contribution in [3.63, 3.8) is 0 Å². The van der Waals surface area contributed by atoms with E-state index in [1.54, 1.807) is 24.5 Å². The van der Waals surface area contributed by atoms with E-state index >= 15 is 0 Å². The van der Waals surface area contributed by atoms with Gasteiger partial charge in [-0.1, -0.05) is 30.3 Å². The molecule has 0 saturated carbocycles. The molecular formula is C15H15FN2O2. The first-order valence-corrected chi connectivity index (χ1v) is 6.20. The number of hydrogen-bond acceptors (Lipinski definition) is 3. The van der Waals surface area contributed by atoms with Gasteiger partial charge in [-0.2, -0.15) is 0 Å². The van der Waals surface area contributed by atoms with Crippen LogP contribution in [0.2, 0.25) is 0 Å². The molecule has 2 unspecified atom stereocenters. The van der Waals surface area contributed by atoms with Crippen LogP contribution in [0, 0.1) is 0 Å². The average Bonchev–Trinajstić information content (AvgIpc) is 2.53. The van der Waals surface area contributed by atoms with Gasteiger partial charge in [-0.05, 0) is 22.8 Å². The van der Waals surface area contributed by atoms with Crippen LogP contribution in [0.5, 0.6) is 0 Å². The summed E-state index contributed by atoms with van der Waals surface area (Å²) in [4.78, 5) is 14.4. The van der Waals surface area contributed by atoms with Crippen LogP contribution in [0.15, 0.2) is 48.8 Å². The van der Waals surface area contributed by atoms with Gasteiger partial charge in [-0.3, -0.25) is 9.78 Å². The lowest BCUT2D eigenvalue weighted by molar-refractivity contribution is -0.111. The number of carbonyl (C=O) groups is 1. The number of alkyl halides is 1. The Morgan fingerprint density at radius 2 is 2.00 bits per heavy atom. The molecular weight excluding hydrogens is 259 g/mol. The smallest absolute Gasteiger partial charge is 0.207 e. The van der Waals surface area contributed by atoms with E-state index < -0.39 is 18.8 Å². The Balaban J connectivity index is 2.17. The number of aromatic nitrogens is 1. The number of carbonyl (C=O) groups excluding carboxylic acids is 1. The number of nitrogens with one attached hydrogen (secondary N) is 1. The maximum Gasteiger partial charge on any atom is 0.207 e. The Labute approximate surface area is 116 Å². The van der Waals surface area contributed by atoms with E-state index in [-0.39, 0.29) is 0 Å². The van der Waals surface area contributed by atoms with Crippen molar-refractivity contribution < 1.29 is 14.3 Å². The second-order valence-corrected chi connectivity index (χ2v) is 4.35. The summed E-state index contributed by atoms with van der Waals surface area (Å²) in [6, 6.07) is 9.90. The molecule has 0 aliphatic heterocycles. The van der Waals surface area contributed by atoms with Gasteiger partial charge in [-0.15, -0.1) is 0 Å². The molecule has 2 N–H and O–H groups in total. The molecule has 1 amide bonds. The predicted octanol–water partition coefficient (Wildman–Crippen LogP) is 1.87. The minimum Gasteiger partial charge on any atom is -0.386 e. The van der Waals surface area contributed by atoms with E-state index in [4.69, 9.17) is 0 Å². The Morgan fingerprint density at radius 1 is 1.25 bits per heavy atom. The first-order valence-electron chi connectivity index (χ1n) is 6.20.